The van der Waals surface area contributed by atoms with E-state index in [9.17, 15) is 18.0 Å². The van der Waals surface area contributed by atoms with E-state index in [2.05, 4.69) is 5.32 Å². The van der Waals surface area contributed by atoms with Crippen LogP contribution in [0.15, 0.2) is 18.2 Å². The number of benzene rings is 1. The van der Waals surface area contributed by atoms with Gasteiger partial charge in [-0.3, -0.25) is 4.79 Å². The highest BCUT2D eigenvalue weighted by Gasteiger charge is 2.33. The third-order valence-corrected chi connectivity index (χ3v) is 3.33. The molecule has 112 valence electrons. The van der Waals surface area contributed by atoms with Crippen molar-refractivity contribution >= 4 is 23.7 Å². The van der Waals surface area contributed by atoms with Gasteiger partial charge in [0.15, 0.2) is 0 Å². The van der Waals surface area contributed by atoms with Crippen LogP contribution in [0.3, 0.4) is 0 Å². The minimum Gasteiger partial charge on any atom is -0.329 e. The number of hydrogen-bond acceptors (Lipinski definition) is 1. The summed E-state index contributed by atoms with van der Waals surface area (Å²) in [7, 11) is 0. The van der Waals surface area contributed by atoms with E-state index in [1.807, 2.05) is 0 Å². The van der Waals surface area contributed by atoms with E-state index in [1.54, 1.807) is 0 Å². The maximum absolute atomic E-state index is 12.3. The summed E-state index contributed by atoms with van der Waals surface area (Å²) in [5.74, 6) is 0. The molecule has 0 aliphatic heterocycles. The fourth-order valence-corrected chi connectivity index (χ4v) is 2.19. The number of hydrogen-bond donors (Lipinski definition) is 1. The average molecular weight is 308 g/mol. The van der Waals surface area contributed by atoms with Crippen LogP contribution in [0.1, 0.15) is 44.1 Å². The fraction of sp³-hybridized carbons (Fsp3) is 0.500. The molecule has 2 nitrogen and oxygen atoms in total. The lowest BCUT2D eigenvalue weighted by Gasteiger charge is -2.09. The highest BCUT2D eigenvalue weighted by atomic mass is 35.5. The Balaban J connectivity index is 0.000000276. The van der Waals surface area contributed by atoms with E-state index < -0.39 is 16.8 Å². The Morgan fingerprint density at radius 2 is 1.55 bits per heavy atom. The number of rotatable bonds is 2. The van der Waals surface area contributed by atoms with E-state index in [4.69, 9.17) is 11.6 Å². The summed E-state index contributed by atoms with van der Waals surface area (Å²) in [6, 6.07) is 3.14. The van der Waals surface area contributed by atoms with E-state index in [-0.39, 0.29) is 5.69 Å². The summed E-state index contributed by atoms with van der Waals surface area (Å²) in [6.07, 6.45) is 4.78. The van der Waals surface area contributed by atoms with Gasteiger partial charge in [0.2, 0.25) is 6.41 Å². The summed E-state index contributed by atoms with van der Waals surface area (Å²) in [5, 5.41) is 1.71. The van der Waals surface area contributed by atoms with Crippen molar-refractivity contribution in [1.29, 1.82) is 0 Å². The van der Waals surface area contributed by atoms with Gasteiger partial charge in [0, 0.05) is 5.69 Å². The topological polar surface area (TPSA) is 29.1 Å². The second kappa shape index (κ2) is 8.15. The molecule has 1 aromatic carbocycles. The lowest BCUT2D eigenvalue weighted by Crippen LogP contribution is -2.07. The Morgan fingerprint density at radius 1 is 1.05 bits per heavy atom. The van der Waals surface area contributed by atoms with Crippen molar-refractivity contribution in [3.63, 3.8) is 0 Å². The molecule has 0 heterocycles. The first kappa shape index (κ1) is 16.8. The molecule has 0 atom stereocenters. The van der Waals surface area contributed by atoms with Crippen LogP contribution in [0.2, 0.25) is 5.02 Å². The van der Waals surface area contributed by atoms with Gasteiger partial charge in [-0.1, -0.05) is 50.1 Å². The van der Waals surface area contributed by atoms with E-state index in [0.717, 1.165) is 12.1 Å². The van der Waals surface area contributed by atoms with Gasteiger partial charge in [-0.15, -0.1) is 0 Å². The zero-order valence-electron chi connectivity index (χ0n) is 11.0. The summed E-state index contributed by atoms with van der Waals surface area (Å²) in [6.45, 7) is 0. The van der Waals surface area contributed by atoms with Crippen LogP contribution in [0.5, 0.6) is 0 Å². The highest BCUT2D eigenvalue weighted by molar-refractivity contribution is 6.31. The van der Waals surface area contributed by atoms with Crippen molar-refractivity contribution in [2.24, 2.45) is 0 Å². The first-order valence-corrected chi connectivity index (χ1v) is 6.90. The molecule has 1 N–H and O–H groups in total. The number of alkyl halides is 3. The first-order chi connectivity index (χ1) is 9.45. The predicted octanol–water partition coefficient (Wildman–Crippen LogP) is 5.27. The molecule has 1 amide bonds. The van der Waals surface area contributed by atoms with Crippen LogP contribution in [-0.4, -0.2) is 6.41 Å². The lowest BCUT2D eigenvalue weighted by atomic mass is 10.0. The smallest absolute Gasteiger partial charge is 0.329 e. The molecule has 0 saturated heterocycles. The molecule has 20 heavy (non-hydrogen) atoms. The van der Waals surface area contributed by atoms with Crippen molar-refractivity contribution in [2.45, 2.75) is 44.7 Å². The summed E-state index contributed by atoms with van der Waals surface area (Å²) in [5.41, 5.74) is -0.914. The fourth-order valence-electron chi connectivity index (χ4n) is 1.96. The molecule has 1 aromatic rings. The van der Waals surface area contributed by atoms with E-state index in [0.29, 0.717) is 6.41 Å². The van der Waals surface area contributed by atoms with Crippen molar-refractivity contribution in [2.75, 3.05) is 5.32 Å². The van der Waals surface area contributed by atoms with Gasteiger partial charge in [-0.2, -0.15) is 13.2 Å². The summed E-state index contributed by atoms with van der Waals surface area (Å²) in [4.78, 5) is 9.99. The Morgan fingerprint density at radius 3 is 1.95 bits per heavy atom. The van der Waals surface area contributed by atoms with Gasteiger partial charge < -0.3 is 5.32 Å². The molecular formula is C14H17ClF3NO. The normalized spacial score (nSPS) is 15.0. The first-order valence-electron chi connectivity index (χ1n) is 6.52. The van der Waals surface area contributed by atoms with Crippen LogP contribution >= 0.6 is 11.6 Å². The van der Waals surface area contributed by atoms with Gasteiger partial charge in [-0.25, -0.2) is 0 Å². The molecule has 0 radical (unpaired) electrons. The molecule has 0 spiro atoms. The molecule has 1 aliphatic carbocycles. The quantitative estimate of drug-likeness (QED) is 0.741. The van der Waals surface area contributed by atoms with Crippen LogP contribution in [-0.2, 0) is 11.0 Å². The third-order valence-electron chi connectivity index (χ3n) is 3.00. The Kier molecular flexibility index (Phi) is 6.85. The minimum absolute atomic E-state index is 0.0525. The van der Waals surface area contributed by atoms with Crippen molar-refractivity contribution < 1.29 is 18.0 Å². The van der Waals surface area contributed by atoms with Gasteiger partial charge in [0.05, 0.1) is 10.6 Å². The average Bonchev–Trinajstić information content (AvgIpc) is 2.43. The Labute approximate surface area is 121 Å². The summed E-state index contributed by atoms with van der Waals surface area (Å²) < 4.78 is 36.8. The second-order valence-electron chi connectivity index (χ2n) is 4.58. The van der Waals surface area contributed by atoms with E-state index in [1.165, 1.54) is 44.6 Å². The maximum Gasteiger partial charge on any atom is 0.417 e. The third kappa shape index (κ3) is 5.82. The molecule has 2 rings (SSSR count). The largest absolute Gasteiger partial charge is 0.417 e. The van der Waals surface area contributed by atoms with Crippen LogP contribution in [0.25, 0.3) is 0 Å². The standard InChI is InChI=1S/C8H5ClF3NO.C6H12/c9-7-2-1-5(13-4-14)3-6(7)8(10,11)12;1-2-4-6-5-3-1/h1-4H,(H,13,14);1-6H2. The maximum atomic E-state index is 12.3. The molecule has 0 aromatic heterocycles. The molecule has 1 fully saturated rings. The Hall–Kier alpha value is -1.23. The van der Waals surface area contributed by atoms with Crippen molar-refractivity contribution in [3.8, 4) is 0 Å². The predicted molar refractivity (Wildman–Crippen MR) is 73.8 cm³/mol. The number of carbonyl (C=O) groups is 1. The molecule has 1 aliphatic rings. The highest BCUT2D eigenvalue weighted by Crippen LogP contribution is 2.35. The molecule has 0 unspecified atom stereocenters. The lowest BCUT2D eigenvalue weighted by molar-refractivity contribution is -0.137. The number of carbonyl (C=O) groups excluding carboxylic acids is 1. The summed E-state index contributed by atoms with van der Waals surface area (Å²) >= 11 is 5.34. The van der Waals surface area contributed by atoms with Gasteiger partial charge in [0.1, 0.15) is 0 Å². The number of halogens is 4. The second-order valence-corrected chi connectivity index (χ2v) is 4.98. The van der Waals surface area contributed by atoms with Crippen molar-refractivity contribution in [3.05, 3.63) is 28.8 Å². The van der Waals surface area contributed by atoms with Gasteiger partial charge in [-0.05, 0) is 18.2 Å². The number of nitrogens with one attached hydrogen (secondary N) is 1. The molecule has 6 heteroatoms. The van der Waals surface area contributed by atoms with E-state index >= 15 is 0 Å². The molecular weight excluding hydrogens is 291 g/mol. The molecule has 0 bridgehead atoms. The van der Waals surface area contributed by atoms with Crippen molar-refractivity contribution in [1.82, 2.24) is 0 Å². The van der Waals surface area contributed by atoms with Crippen LogP contribution in [0.4, 0.5) is 18.9 Å². The zero-order valence-corrected chi connectivity index (χ0v) is 11.7. The monoisotopic (exact) mass is 307 g/mol. The zero-order chi connectivity index (χ0) is 15.0. The minimum atomic E-state index is -4.52. The SMILES string of the molecule is C1CCCCC1.O=CNc1ccc(Cl)c(C(F)(F)F)c1. The number of anilines is 1. The van der Waals surface area contributed by atoms with Gasteiger partial charge in [0.25, 0.3) is 0 Å². The van der Waals surface area contributed by atoms with Crippen LogP contribution in [0, 0.1) is 0 Å². The van der Waals surface area contributed by atoms with Crippen LogP contribution < -0.4 is 5.32 Å². The van der Waals surface area contributed by atoms with Gasteiger partial charge >= 0.3 is 6.18 Å². The molecule has 1 saturated carbocycles. The number of amides is 1. The Bertz CT molecular complexity index is 419.